The Labute approximate surface area is 354 Å². The summed E-state index contributed by atoms with van der Waals surface area (Å²) >= 11 is 0. The molecule has 0 aliphatic heterocycles. The van der Waals surface area contributed by atoms with E-state index in [0.717, 1.165) is 22.7 Å². The molecule has 0 unspecified atom stereocenters. The van der Waals surface area contributed by atoms with E-state index in [2.05, 4.69) is 240 Å². The van der Waals surface area contributed by atoms with Crippen molar-refractivity contribution in [3.63, 3.8) is 0 Å². The van der Waals surface area contributed by atoms with Crippen molar-refractivity contribution in [3.05, 3.63) is 253 Å². The molecule has 0 radical (unpaired) electrons. The number of hydrogen-bond acceptors (Lipinski definition) is 1. The molecule has 1 heterocycles. The fourth-order valence-corrected chi connectivity index (χ4v) is 10.9. The maximum Gasteiger partial charge on any atom is 0.0731 e. The summed E-state index contributed by atoms with van der Waals surface area (Å²) in [7, 11) is 0. The fraction of sp³-hybridized carbons (Fsp3) is 0.0169. The van der Waals surface area contributed by atoms with Crippen LogP contribution in [0.3, 0.4) is 0 Å². The van der Waals surface area contributed by atoms with E-state index in [1.165, 1.54) is 88.2 Å². The lowest BCUT2D eigenvalue weighted by Crippen LogP contribution is -2.26. The predicted octanol–water partition coefficient (Wildman–Crippen LogP) is 15.4. The topological polar surface area (TPSA) is 8.17 Å². The summed E-state index contributed by atoms with van der Waals surface area (Å²) in [5.74, 6) is 0. The van der Waals surface area contributed by atoms with Gasteiger partial charge in [0.25, 0.3) is 0 Å². The number of para-hydroxylation sites is 2. The summed E-state index contributed by atoms with van der Waals surface area (Å²) in [4.78, 5) is 2.43. The highest BCUT2D eigenvalue weighted by atomic mass is 15.1. The molecule has 1 aromatic heterocycles. The Morgan fingerprint density at radius 2 is 0.852 bits per heavy atom. The molecule has 0 atom stereocenters. The standard InChI is InChI=1S/C59H38N2/c1-3-15-39(16-4-1)40-27-30-43(31-28-40)60(45-33-36-57-52(38-45)50-22-10-14-26-56(50)61(57)42-17-5-2-6-18-42)44-32-35-46-41(37-44)29-34-51-49-21-9-13-25-55(49)59(58(46)51)53-23-11-7-19-47(53)48-20-8-12-24-54(48)59/h1-38H. The Kier molecular flexibility index (Phi) is 7.26. The van der Waals surface area contributed by atoms with Crippen molar-refractivity contribution in [2.45, 2.75) is 5.41 Å². The molecule has 2 nitrogen and oxygen atoms in total. The van der Waals surface area contributed by atoms with E-state index in [0.29, 0.717) is 0 Å². The molecule has 0 fully saturated rings. The predicted molar refractivity (Wildman–Crippen MR) is 255 cm³/mol. The highest BCUT2D eigenvalue weighted by molar-refractivity contribution is 6.11. The summed E-state index contributed by atoms with van der Waals surface area (Å²) in [5, 5.41) is 4.96. The van der Waals surface area contributed by atoms with Crippen molar-refractivity contribution in [1.29, 1.82) is 0 Å². The first-order valence-corrected chi connectivity index (χ1v) is 21.2. The lowest BCUT2D eigenvalue weighted by atomic mass is 9.69. The van der Waals surface area contributed by atoms with Gasteiger partial charge in [0.05, 0.1) is 16.4 Å². The van der Waals surface area contributed by atoms with Gasteiger partial charge in [-0.05, 0) is 127 Å². The Hall–Kier alpha value is -7.94. The second-order valence-corrected chi connectivity index (χ2v) is 16.4. The minimum atomic E-state index is -0.412. The summed E-state index contributed by atoms with van der Waals surface area (Å²) in [5.41, 5.74) is 19.6. The highest BCUT2D eigenvalue weighted by Crippen LogP contribution is 2.64. The molecule has 11 aromatic rings. The van der Waals surface area contributed by atoms with Gasteiger partial charge in [-0.25, -0.2) is 0 Å². The molecule has 2 heteroatoms. The van der Waals surface area contributed by atoms with Crippen LogP contribution in [0.25, 0.3) is 71.6 Å². The Balaban J connectivity index is 1.04. The molecule has 0 bridgehead atoms. The van der Waals surface area contributed by atoms with Gasteiger partial charge in [-0.15, -0.1) is 0 Å². The zero-order chi connectivity index (χ0) is 40.1. The number of rotatable bonds is 5. The van der Waals surface area contributed by atoms with E-state index in [-0.39, 0.29) is 0 Å². The average molecular weight is 775 g/mol. The Bertz CT molecular complexity index is 3460. The Morgan fingerprint density at radius 3 is 1.56 bits per heavy atom. The molecule has 13 rings (SSSR count). The van der Waals surface area contributed by atoms with Gasteiger partial charge >= 0.3 is 0 Å². The summed E-state index contributed by atoms with van der Waals surface area (Å²) in [6.45, 7) is 0. The lowest BCUT2D eigenvalue weighted by molar-refractivity contribution is 0.801. The van der Waals surface area contributed by atoms with Gasteiger partial charge in [0.15, 0.2) is 0 Å². The average Bonchev–Trinajstić information content (AvgIpc) is 3.94. The van der Waals surface area contributed by atoms with Crippen LogP contribution in [0.1, 0.15) is 22.3 Å². The third kappa shape index (κ3) is 4.79. The maximum absolute atomic E-state index is 2.43. The van der Waals surface area contributed by atoms with Crippen molar-refractivity contribution in [3.8, 4) is 39.1 Å². The maximum atomic E-state index is 2.43. The minimum absolute atomic E-state index is 0.412. The molecule has 1 spiro atoms. The molecule has 284 valence electrons. The minimum Gasteiger partial charge on any atom is -0.310 e. The molecule has 0 N–H and O–H groups in total. The molecular weight excluding hydrogens is 737 g/mol. The molecular formula is C59H38N2. The van der Waals surface area contributed by atoms with Crippen molar-refractivity contribution < 1.29 is 0 Å². The van der Waals surface area contributed by atoms with Gasteiger partial charge in [0, 0.05) is 33.5 Å². The van der Waals surface area contributed by atoms with Gasteiger partial charge in [0.2, 0.25) is 0 Å². The second kappa shape index (κ2) is 13.0. The molecule has 0 saturated heterocycles. The highest BCUT2D eigenvalue weighted by Gasteiger charge is 2.52. The second-order valence-electron chi connectivity index (χ2n) is 16.4. The monoisotopic (exact) mass is 774 g/mol. The van der Waals surface area contributed by atoms with Crippen LogP contribution in [0.4, 0.5) is 17.1 Å². The van der Waals surface area contributed by atoms with Crippen LogP contribution < -0.4 is 4.90 Å². The van der Waals surface area contributed by atoms with E-state index in [1.54, 1.807) is 0 Å². The van der Waals surface area contributed by atoms with E-state index in [9.17, 15) is 0 Å². The Morgan fingerprint density at radius 1 is 0.328 bits per heavy atom. The van der Waals surface area contributed by atoms with E-state index in [4.69, 9.17) is 0 Å². The number of anilines is 3. The molecule has 0 amide bonds. The third-order valence-corrected chi connectivity index (χ3v) is 13.4. The zero-order valence-corrected chi connectivity index (χ0v) is 33.3. The molecule has 0 saturated carbocycles. The van der Waals surface area contributed by atoms with Crippen LogP contribution in [-0.4, -0.2) is 4.57 Å². The van der Waals surface area contributed by atoms with Gasteiger partial charge in [-0.3, -0.25) is 0 Å². The number of benzene rings is 10. The quantitative estimate of drug-likeness (QED) is 0.169. The number of aromatic nitrogens is 1. The van der Waals surface area contributed by atoms with Crippen molar-refractivity contribution in [2.24, 2.45) is 0 Å². The summed E-state index contributed by atoms with van der Waals surface area (Å²) in [6, 6.07) is 85.2. The van der Waals surface area contributed by atoms with Crippen LogP contribution in [0, 0.1) is 0 Å². The van der Waals surface area contributed by atoms with Gasteiger partial charge in [0.1, 0.15) is 0 Å². The van der Waals surface area contributed by atoms with Crippen LogP contribution in [0.5, 0.6) is 0 Å². The zero-order valence-electron chi connectivity index (χ0n) is 33.3. The van der Waals surface area contributed by atoms with Crippen molar-refractivity contribution in [2.75, 3.05) is 4.90 Å². The van der Waals surface area contributed by atoms with Gasteiger partial charge in [-0.1, -0.05) is 170 Å². The first-order chi connectivity index (χ1) is 30.3. The first-order valence-electron chi connectivity index (χ1n) is 21.2. The molecule has 2 aliphatic rings. The van der Waals surface area contributed by atoms with Crippen LogP contribution >= 0.6 is 0 Å². The summed E-state index contributed by atoms with van der Waals surface area (Å²) in [6.07, 6.45) is 0. The number of fused-ring (bicyclic) bond motifs is 15. The first kappa shape index (κ1) is 34.0. The van der Waals surface area contributed by atoms with Crippen LogP contribution in [0.15, 0.2) is 231 Å². The largest absolute Gasteiger partial charge is 0.310 e. The fourth-order valence-electron chi connectivity index (χ4n) is 10.9. The van der Waals surface area contributed by atoms with Crippen molar-refractivity contribution >= 4 is 49.6 Å². The number of nitrogens with zero attached hydrogens (tertiary/aromatic N) is 2. The van der Waals surface area contributed by atoms with Gasteiger partial charge in [-0.2, -0.15) is 0 Å². The van der Waals surface area contributed by atoms with E-state index < -0.39 is 5.41 Å². The molecule has 2 aliphatic carbocycles. The molecule has 61 heavy (non-hydrogen) atoms. The van der Waals surface area contributed by atoms with E-state index in [1.807, 2.05) is 0 Å². The molecule has 10 aromatic carbocycles. The number of hydrogen-bond donors (Lipinski definition) is 0. The van der Waals surface area contributed by atoms with Crippen molar-refractivity contribution in [1.82, 2.24) is 4.57 Å². The van der Waals surface area contributed by atoms with Crippen LogP contribution in [0.2, 0.25) is 0 Å². The normalized spacial score (nSPS) is 13.0. The van der Waals surface area contributed by atoms with Crippen LogP contribution in [-0.2, 0) is 5.41 Å². The SMILES string of the molecule is c1ccc(-c2ccc(N(c3ccc4c5c(ccc4c3)-c3ccccc3C53c4ccccc4-c4ccccc43)c3ccc4c(c3)c3ccccc3n4-c3ccccc3)cc2)cc1. The summed E-state index contributed by atoms with van der Waals surface area (Å²) < 4.78 is 2.39. The lowest BCUT2D eigenvalue weighted by Gasteiger charge is -2.32. The smallest absolute Gasteiger partial charge is 0.0731 e. The van der Waals surface area contributed by atoms with E-state index >= 15 is 0 Å². The van der Waals surface area contributed by atoms with Gasteiger partial charge < -0.3 is 9.47 Å². The third-order valence-electron chi connectivity index (χ3n) is 13.4.